The molecule has 2 amide bonds. The second kappa shape index (κ2) is 5.26. The van der Waals surface area contributed by atoms with Crippen LogP contribution < -0.4 is 5.32 Å². The van der Waals surface area contributed by atoms with Crippen LogP contribution in [0.1, 0.15) is 51.2 Å². The van der Waals surface area contributed by atoms with Gasteiger partial charge >= 0.3 is 0 Å². The summed E-state index contributed by atoms with van der Waals surface area (Å²) in [5, 5.41) is 15.8. The van der Waals surface area contributed by atoms with E-state index in [-0.39, 0.29) is 23.6 Å². The fourth-order valence-electron chi connectivity index (χ4n) is 6.62. The highest BCUT2D eigenvalue weighted by molar-refractivity contribution is 6.39. The van der Waals surface area contributed by atoms with Crippen molar-refractivity contribution in [2.24, 2.45) is 0 Å². The molecule has 0 radical (unpaired) electrons. The Kier molecular flexibility index (Phi) is 2.78. The van der Waals surface area contributed by atoms with E-state index in [4.69, 9.17) is 0 Å². The number of hydrogen-bond donors (Lipinski definition) is 2. The number of nitrogens with one attached hydrogen (secondary N) is 1. The van der Waals surface area contributed by atoms with E-state index in [1.807, 2.05) is 31.2 Å². The maximum atomic E-state index is 13.2. The van der Waals surface area contributed by atoms with Crippen LogP contribution in [0.15, 0.2) is 36.4 Å². The summed E-state index contributed by atoms with van der Waals surface area (Å²) in [6, 6.07) is 10.8. The molecule has 1 saturated carbocycles. The zero-order chi connectivity index (χ0) is 22.3. The van der Waals surface area contributed by atoms with Crippen LogP contribution >= 0.6 is 0 Å². The van der Waals surface area contributed by atoms with Gasteiger partial charge in [0, 0.05) is 45.0 Å². The fraction of sp³-hybridized carbons (Fsp3) is 0.192. The Balaban J connectivity index is 1.80. The highest BCUT2D eigenvalue weighted by Crippen LogP contribution is 2.52. The van der Waals surface area contributed by atoms with Crippen LogP contribution in [0.3, 0.4) is 0 Å². The summed E-state index contributed by atoms with van der Waals surface area (Å²) in [6.45, 7) is 2.00. The van der Waals surface area contributed by atoms with Crippen molar-refractivity contribution in [3.8, 4) is 5.75 Å². The lowest BCUT2D eigenvalue weighted by Crippen LogP contribution is -2.20. The minimum Gasteiger partial charge on any atom is -0.508 e. The van der Waals surface area contributed by atoms with Gasteiger partial charge in [0.25, 0.3) is 11.8 Å². The molecule has 5 aromatic rings. The number of amides is 2. The molecule has 1 aliphatic carbocycles. The van der Waals surface area contributed by atoms with E-state index in [1.165, 1.54) is 0 Å². The third kappa shape index (κ3) is 1.80. The van der Waals surface area contributed by atoms with Gasteiger partial charge in [0.1, 0.15) is 5.75 Å². The average molecular weight is 435 g/mol. The largest absolute Gasteiger partial charge is 0.508 e. The number of imide groups is 1. The lowest BCUT2D eigenvalue weighted by Gasteiger charge is -2.15. The average Bonchev–Trinajstić information content (AvgIpc) is 3.45. The first-order valence-electron chi connectivity index (χ1n) is 11.1. The van der Waals surface area contributed by atoms with E-state index in [1.54, 1.807) is 12.1 Å². The molecule has 0 saturated heterocycles. The van der Waals surface area contributed by atoms with E-state index in [2.05, 4.69) is 14.5 Å². The zero-order valence-electron chi connectivity index (χ0n) is 17.6. The van der Waals surface area contributed by atoms with Gasteiger partial charge in [0.2, 0.25) is 0 Å². The van der Waals surface area contributed by atoms with Gasteiger partial charge in [-0.3, -0.25) is 19.7 Å². The fourth-order valence-corrected chi connectivity index (χ4v) is 6.62. The summed E-state index contributed by atoms with van der Waals surface area (Å²) in [5.41, 5.74) is 5.22. The van der Waals surface area contributed by atoms with E-state index >= 15 is 0 Å². The second-order valence-electron chi connectivity index (χ2n) is 9.52. The topological polar surface area (TPSA) is 93.3 Å². The lowest BCUT2D eigenvalue weighted by molar-refractivity contribution is -0.120. The Hall–Kier alpha value is -4.13. The molecule has 2 aliphatic heterocycles. The Morgan fingerprint density at radius 3 is 2.27 bits per heavy atom. The van der Waals surface area contributed by atoms with Crippen molar-refractivity contribution in [3.63, 3.8) is 0 Å². The minimum atomic E-state index is -0.418. The van der Waals surface area contributed by atoms with Crippen molar-refractivity contribution in [3.05, 3.63) is 53.1 Å². The number of phenolic OH excluding ortho intramolecular Hbond substituents is 1. The Labute approximate surface area is 186 Å². The molecular weight excluding hydrogens is 418 g/mol. The molecule has 160 valence electrons. The van der Waals surface area contributed by atoms with Crippen LogP contribution in [0.25, 0.3) is 43.6 Å². The number of phenols is 1. The van der Waals surface area contributed by atoms with E-state index < -0.39 is 11.8 Å². The summed E-state index contributed by atoms with van der Waals surface area (Å²) < 4.78 is 4.28. The first-order chi connectivity index (χ1) is 15.9. The summed E-state index contributed by atoms with van der Waals surface area (Å²) in [5.74, 6) is -0.564. The molecule has 0 spiro atoms. The van der Waals surface area contributed by atoms with E-state index in [9.17, 15) is 19.5 Å². The standard InChI is InChI=1S/C26H17N3O4/c1-10-2-4-16-13(6-10)19-21-22(26(33)27-25(21)32)20-14-9-12(30)3-5-15(14)28-11-7-17(18(31)8-11)29(16)24(19)23(20)28/h2-6,9,11,17,30H,7-8H2,1H3,(H,27,32,33). The monoisotopic (exact) mass is 435 g/mol. The summed E-state index contributed by atoms with van der Waals surface area (Å²) in [4.78, 5) is 39.5. The Morgan fingerprint density at radius 1 is 0.879 bits per heavy atom. The van der Waals surface area contributed by atoms with Gasteiger partial charge in [-0.05, 0) is 43.7 Å². The molecule has 3 aromatic carbocycles. The molecule has 2 unspecified atom stereocenters. The van der Waals surface area contributed by atoms with Gasteiger partial charge in [-0.1, -0.05) is 11.6 Å². The number of Topliss-reactive ketones (excluding diaryl/α,β-unsaturated/α-hetero) is 1. The number of aryl methyl sites for hydroxylation is 1. The Bertz CT molecular complexity index is 1840. The van der Waals surface area contributed by atoms with Gasteiger partial charge in [-0.25, -0.2) is 0 Å². The predicted octanol–water partition coefficient (Wildman–Crippen LogP) is 4.26. The van der Waals surface area contributed by atoms with Crippen LogP contribution in [0.2, 0.25) is 0 Å². The number of rotatable bonds is 0. The molecule has 8 rings (SSSR count). The molecule has 2 aromatic heterocycles. The van der Waals surface area contributed by atoms with Crippen LogP contribution in [-0.2, 0) is 4.79 Å². The molecule has 1 fully saturated rings. The SMILES string of the molecule is Cc1ccc2c(c1)c1c3c(c4c5cc(O)ccc5n5c4c1n2C1CC5CC1=O)C(=O)NC3=O. The number of carbonyl (C=O) groups is 3. The molecule has 7 heteroatoms. The van der Waals surface area contributed by atoms with Crippen molar-refractivity contribution in [1.82, 2.24) is 14.5 Å². The van der Waals surface area contributed by atoms with E-state index in [0.29, 0.717) is 29.4 Å². The smallest absolute Gasteiger partial charge is 0.259 e. The number of nitrogens with zero attached hydrogens (tertiary/aromatic N) is 2. The van der Waals surface area contributed by atoms with Gasteiger partial charge in [-0.15, -0.1) is 0 Å². The summed E-state index contributed by atoms with van der Waals surface area (Å²) >= 11 is 0. The summed E-state index contributed by atoms with van der Waals surface area (Å²) in [6.07, 6.45) is 1.07. The molecule has 4 heterocycles. The first kappa shape index (κ1) is 17.4. The lowest BCUT2D eigenvalue weighted by atomic mass is 9.96. The number of carbonyl (C=O) groups excluding carboxylic acids is 3. The summed E-state index contributed by atoms with van der Waals surface area (Å²) in [7, 11) is 0. The van der Waals surface area contributed by atoms with Crippen LogP contribution in [0.4, 0.5) is 0 Å². The van der Waals surface area contributed by atoms with Crippen molar-refractivity contribution in [2.75, 3.05) is 0 Å². The normalized spacial score (nSPS) is 21.2. The van der Waals surface area contributed by atoms with Crippen LogP contribution in [0.5, 0.6) is 5.75 Å². The molecule has 2 bridgehead atoms. The van der Waals surface area contributed by atoms with Gasteiger partial charge in [0.05, 0.1) is 28.2 Å². The molecule has 33 heavy (non-hydrogen) atoms. The number of benzene rings is 3. The predicted molar refractivity (Wildman–Crippen MR) is 123 cm³/mol. The highest BCUT2D eigenvalue weighted by Gasteiger charge is 2.44. The third-order valence-corrected chi connectivity index (χ3v) is 7.78. The number of hydrogen-bond acceptors (Lipinski definition) is 4. The van der Waals surface area contributed by atoms with Crippen LogP contribution in [-0.4, -0.2) is 31.8 Å². The van der Waals surface area contributed by atoms with Crippen molar-refractivity contribution < 1.29 is 19.5 Å². The second-order valence-corrected chi connectivity index (χ2v) is 9.52. The van der Waals surface area contributed by atoms with E-state index in [0.717, 1.165) is 43.8 Å². The molecule has 7 nitrogen and oxygen atoms in total. The quantitative estimate of drug-likeness (QED) is 0.356. The molecule has 2 N–H and O–H groups in total. The van der Waals surface area contributed by atoms with Crippen LogP contribution in [0, 0.1) is 6.92 Å². The number of aromatic nitrogens is 2. The van der Waals surface area contributed by atoms with Crippen molar-refractivity contribution in [1.29, 1.82) is 0 Å². The van der Waals surface area contributed by atoms with Crippen molar-refractivity contribution in [2.45, 2.75) is 31.8 Å². The number of aromatic hydroxyl groups is 1. The number of fused-ring (bicyclic) bond motifs is 13. The molecule has 3 aliphatic rings. The van der Waals surface area contributed by atoms with Gasteiger partial charge < -0.3 is 14.2 Å². The maximum Gasteiger partial charge on any atom is 0.259 e. The molecule has 2 atom stereocenters. The third-order valence-electron chi connectivity index (χ3n) is 7.78. The maximum absolute atomic E-state index is 13.2. The molecular formula is C26H17N3O4. The number of ketones is 1. The van der Waals surface area contributed by atoms with Gasteiger partial charge in [-0.2, -0.15) is 0 Å². The highest BCUT2D eigenvalue weighted by atomic mass is 16.3. The van der Waals surface area contributed by atoms with Gasteiger partial charge in [0.15, 0.2) is 5.78 Å². The minimum absolute atomic E-state index is 0.0474. The first-order valence-corrected chi connectivity index (χ1v) is 11.1. The Morgan fingerprint density at radius 2 is 1.52 bits per heavy atom. The van der Waals surface area contributed by atoms with Crippen molar-refractivity contribution >= 4 is 61.2 Å². The zero-order valence-corrected chi connectivity index (χ0v) is 17.6.